The Morgan fingerprint density at radius 1 is 1.53 bits per heavy atom. The highest BCUT2D eigenvalue weighted by Gasteiger charge is 2.34. The summed E-state index contributed by atoms with van der Waals surface area (Å²) in [6, 6.07) is 4.76. The number of aliphatic imine (C=N–C) groups is 1. The van der Waals surface area contributed by atoms with Crippen LogP contribution in [-0.2, 0) is 5.54 Å². The van der Waals surface area contributed by atoms with Gasteiger partial charge in [-0.2, -0.15) is 0 Å². The minimum absolute atomic E-state index is 0.204. The molecule has 2 rings (SSSR count). The quantitative estimate of drug-likeness (QED) is 0.817. The molecule has 1 aliphatic heterocycles. The van der Waals surface area contributed by atoms with Gasteiger partial charge in [0.15, 0.2) is 0 Å². The van der Waals surface area contributed by atoms with Gasteiger partial charge < -0.3 is 5.73 Å². The monoisotopic (exact) mass is 252 g/mol. The fraction of sp³-hybridized carbons (Fsp3) is 0.462. The third kappa shape index (κ3) is 2.32. The largest absolute Gasteiger partial charge is 0.399 e. The summed E-state index contributed by atoms with van der Waals surface area (Å²) in [4.78, 5) is 4.69. The predicted octanol–water partition coefficient (Wildman–Crippen LogP) is 3.57. The second-order valence-electron chi connectivity index (χ2n) is 4.35. The maximum absolute atomic E-state index is 14.0. The van der Waals surface area contributed by atoms with Crippen LogP contribution in [0, 0.1) is 5.82 Å². The van der Waals surface area contributed by atoms with E-state index in [1.807, 2.05) is 6.92 Å². The van der Waals surface area contributed by atoms with Gasteiger partial charge in [-0.25, -0.2) is 4.39 Å². The van der Waals surface area contributed by atoms with Crippen molar-refractivity contribution in [1.82, 2.24) is 0 Å². The molecule has 0 radical (unpaired) electrons. The molecule has 0 fully saturated rings. The van der Waals surface area contributed by atoms with Crippen molar-refractivity contribution in [3.8, 4) is 0 Å². The van der Waals surface area contributed by atoms with Gasteiger partial charge in [0.05, 0.1) is 10.6 Å². The highest BCUT2D eigenvalue weighted by atomic mass is 32.2. The summed E-state index contributed by atoms with van der Waals surface area (Å²) >= 11 is 1.74. The zero-order chi connectivity index (χ0) is 12.5. The van der Waals surface area contributed by atoms with Gasteiger partial charge in [0, 0.05) is 17.0 Å². The molecular weight excluding hydrogens is 235 g/mol. The summed E-state index contributed by atoms with van der Waals surface area (Å²) in [5.41, 5.74) is 6.58. The van der Waals surface area contributed by atoms with Gasteiger partial charge >= 0.3 is 0 Å². The number of thioether (sulfide) groups is 1. The molecule has 0 saturated heterocycles. The Kier molecular flexibility index (Phi) is 3.43. The molecule has 0 aromatic heterocycles. The Labute approximate surface area is 106 Å². The third-order valence-electron chi connectivity index (χ3n) is 3.27. The first kappa shape index (κ1) is 12.4. The van der Waals surface area contributed by atoms with Gasteiger partial charge in [-0.1, -0.05) is 6.92 Å². The second-order valence-corrected chi connectivity index (χ2v) is 5.64. The fourth-order valence-electron chi connectivity index (χ4n) is 2.30. The molecule has 2 N–H and O–H groups in total. The smallest absolute Gasteiger partial charge is 0.128 e. The Bertz CT molecular complexity index is 459. The molecule has 0 unspecified atom stereocenters. The lowest BCUT2D eigenvalue weighted by Gasteiger charge is -2.33. The molecule has 1 aromatic carbocycles. The zero-order valence-electron chi connectivity index (χ0n) is 10.2. The van der Waals surface area contributed by atoms with Crippen molar-refractivity contribution in [3.05, 3.63) is 29.6 Å². The van der Waals surface area contributed by atoms with Crippen LogP contribution in [0.1, 0.15) is 32.3 Å². The number of nitrogen functional groups attached to an aromatic ring is 1. The van der Waals surface area contributed by atoms with E-state index in [0.29, 0.717) is 11.3 Å². The Hall–Kier alpha value is -1.03. The van der Waals surface area contributed by atoms with E-state index in [2.05, 4.69) is 11.9 Å². The maximum atomic E-state index is 14.0. The van der Waals surface area contributed by atoms with Gasteiger partial charge in [0.1, 0.15) is 5.82 Å². The zero-order valence-corrected chi connectivity index (χ0v) is 11.0. The van der Waals surface area contributed by atoms with Crippen molar-refractivity contribution >= 4 is 22.5 Å². The molecule has 0 saturated carbocycles. The van der Waals surface area contributed by atoms with Gasteiger partial charge in [0.2, 0.25) is 0 Å². The van der Waals surface area contributed by atoms with Gasteiger partial charge in [0.25, 0.3) is 0 Å². The molecule has 1 aromatic rings. The highest BCUT2D eigenvalue weighted by molar-refractivity contribution is 8.13. The lowest BCUT2D eigenvalue weighted by Crippen LogP contribution is -2.29. The minimum atomic E-state index is -0.422. The number of hydrogen-bond donors (Lipinski definition) is 1. The van der Waals surface area contributed by atoms with Gasteiger partial charge in [-0.3, -0.25) is 4.99 Å². The van der Waals surface area contributed by atoms with Crippen LogP contribution in [0.2, 0.25) is 0 Å². The SMILES string of the molecule is CC[C@@]1(c2cc(N)ccc2F)CCSC(C)=N1. The molecule has 0 aliphatic carbocycles. The first-order valence-electron chi connectivity index (χ1n) is 5.82. The van der Waals surface area contributed by atoms with Crippen LogP contribution in [0.3, 0.4) is 0 Å². The molecule has 2 nitrogen and oxygen atoms in total. The maximum Gasteiger partial charge on any atom is 0.128 e. The topological polar surface area (TPSA) is 38.4 Å². The van der Waals surface area contributed by atoms with E-state index in [4.69, 9.17) is 5.73 Å². The van der Waals surface area contributed by atoms with Crippen LogP contribution < -0.4 is 5.73 Å². The number of rotatable bonds is 2. The first-order chi connectivity index (χ1) is 8.07. The average Bonchev–Trinajstić information content (AvgIpc) is 2.32. The van der Waals surface area contributed by atoms with Crippen molar-refractivity contribution in [2.24, 2.45) is 4.99 Å². The molecule has 1 aliphatic rings. The van der Waals surface area contributed by atoms with E-state index in [1.165, 1.54) is 6.07 Å². The second kappa shape index (κ2) is 4.69. The van der Waals surface area contributed by atoms with Gasteiger partial charge in [-0.15, -0.1) is 11.8 Å². The number of benzene rings is 1. The number of hydrogen-bond acceptors (Lipinski definition) is 3. The minimum Gasteiger partial charge on any atom is -0.399 e. The Morgan fingerprint density at radius 2 is 2.29 bits per heavy atom. The lowest BCUT2D eigenvalue weighted by atomic mass is 9.84. The Balaban J connectivity index is 2.54. The summed E-state index contributed by atoms with van der Waals surface area (Å²) in [5, 5.41) is 1.03. The standard InChI is InChI=1S/C13H17FN2S/c1-3-13(6-7-17-9(2)16-13)11-8-10(15)4-5-12(11)14/h4-5,8H,3,6-7,15H2,1-2H3/t13-/m0/s1. The van der Waals surface area contributed by atoms with E-state index in [0.717, 1.165) is 23.6 Å². The average molecular weight is 252 g/mol. The van der Waals surface area contributed by atoms with Crippen molar-refractivity contribution in [2.45, 2.75) is 32.2 Å². The summed E-state index contributed by atoms with van der Waals surface area (Å²) in [6.07, 6.45) is 1.66. The molecule has 17 heavy (non-hydrogen) atoms. The van der Waals surface area contributed by atoms with Crippen LogP contribution in [0.25, 0.3) is 0 Å². The molecule has 4 heteroatoms. The lowest BCUT2D eigenvalue weighted by molar-refractivity contribution is 0.397. The van der Waals surface area contributed by atoms with Crippen molar-refractivity contribution in [2.75, 3.05) is 11.5 Å². The molecule has 0 spiro atoms. The number of anilines is 1. The summed E-state index contributed by atoms with van der Waals surface area (Å²) in [5.74, 6) is 0.779. The van der Waals surface area contributed by atoms with Crippen molar-refractivity contribution in [3.63, 3.8) is 0 Å². The van der Waals surface area contributed by atoms with E-state index < -0.39 is 5.54 Å². The fourth-order valence-corrected chi connectivity index (χ4v) is 3.27. The predicted molar refractivity (Wildman–Crippen MR) is 73.0 cm³/mol. The molecule has 92 valence electrons. The third-order valence-corrected chi connectivity index (χ3v) is 4.19. The van der Waals surface area contributed by atoms with E-state index in [9.17, 15) is 4.39 Å². The van der Waals surface area contributed by atoms with E-state index in [-0.39, 0.29) is 5.82 Å². The van der Waals surface area contributed by atoms with Crippen LogP contribution in [0.4, 0.5) is 10.1 Å². The summed E-state index contributed by atoms with van der Waals surface area (Å²) in [7, 11) is 0. The molecule has 0 bridgehead atoms. The van der Waals surface area contributed by atoms with E-state index >= 15 is 0 Å². The summed E-state index contributed by atoms with van der Waals surface area (Å²) < 4.78 is 14.0. The van der Waals surface area contributed by atoms with Crippen molar-refractivity contribution in [1.29, 1.82) is 0 Å². The van der Waals surface area contributed by atoms with E-state index in [1.54, 1.807) is 23.9 Å². The highest BCUT2D eigenvalue weighted by Crippen LogP contribution is 2.40. The number of nitrogens with two attached hydrogens (primary N) is 1. The molecule has 1 atom stereocenters. The van der Waals surface area contributed by atoms with Gasteiger partial charge in [-0.05, 0) is 38.0 Å². The van der Waals surface area contributed by atoms with Crippen molar-refractivity contribution < 1.29 is 4.39 Å². The van der Waals surface area contributed by atoms with Crippen LogP contribution in [-0.4, -0.2) is 10.8 Å². The number of nitrogens with zero attached hydrogens (tertiary/aromatic N) is 1. The summed E-state index contributed by atoms with van der Waals surface area (Å²) in [6.45, 7) is 4.04. The van der Waals surface area contributed by atoms with Crippen LogP contribution in [0.15, 0.2) is 23.2 Å². The molecule has 1 heterocycles. The number of halogens is 1. The normalized spacial score (nSPS) is 24.5. The molecule has 0 amide bonds. The first-order valence-corrected chi connectivity index (χ1v) is 6.81. The Morgan fingerprint density at radius 3 is 2.94 bits per heavy atom. The molecular formula is C13H17FN2S. The van der Waals surface area contributed by atoms with Crippen LogP contribution in [0.5, 0.6) is 0 Å². The van der Waals surface area contributed by atoms with Crippen LogP contribution >= 0.6 is 11.8 Å².